The first-order valence-electron chi connectivity index (χ1n) is 21.0. The zero-order valence-corrected chi connectivity index (χ0v) is 39.1. The molecular formula is C46H50FIN4O14S. The van der Waals surface area contributed by atoms with Crippen LogP contribution in [0.25, 0.3) is 10.9 Å². The van der Waals surface area contributed by atoms with Gasteiger partial charge in [0.1, 0.15) is 11.6 Å². The third-order valence-electron chi connectivity index (χ3n) is 10.9. The van der Waals surface area contributed by atoms with E-state index >= 15 is 0 Å². The fourth-order valence-corrected chi connectivity index (χ4v) is 8.92. The third-order valence-corrected chi connectivity index (χ3v) is 13.1. The van der Waals surface area contributed by atoms with Crippen LogP contribution in [0.2, 0.25) is 0 Å². The van der Waals surface area contributed by atoms with Crippen LogP contribution in [0.5, 0.6) is 0 Å². The van der Waals surface area contributed by atoms with Crippen molar-refractivity contribution in [1.29, 1.82) is 0 Å². The summed E-state index contributed by atoms with van der Waals surface area (Å²) in [5.74, 6) is -13.1. The van der Waals surface area contributed by atoms with Crippen molar-refractivity contribution in [1.82, 2.24) is 20.3 Å². The minimum absolute atomic E-state index is 0.0776. The predicted molar refractivity (Wildman–Crippen MR) is 246 cm³/mol. The largest absolute Gasteiger partial charge is 0.481 e. The number of fused-ring (bicyclic) bond motifs is 1. The molecule has 0 saturated carbocycles. The molecule has 3 aromatic carbocycles. The van der Waals surface area contributed by atoms with E-state index in [0.717, 1.165) is 17.0 Å². The van der Waals surface area contributed by atoms with Gasteiger partial charge in [-0.05, 0) is 102 Å². The summed E-state index contributed by atoms with van der Waals surface area (Å²) < 4.78 is 43.3. The number of aromatic nitrogens is 1. The van der Waals surface area contributed by atoms with E-state index in [1.165, 1.54) is 49.4 Å². The van der Waals surface area contributed by atoms with E-state index < -0.39 is 144 Å². The van der Waals surface area contributed by atoms with E-state index in [4.69, 9.17) is 0 Å². The molecule has 0 spiro atoms. The van der Waals surface area contributed by atoms with Crippen molar-refractivity contribution >= 4 is 96.4 Å². The second-order valence-corrected chi connectivity index (χ2v) is 19.0. The number of carbonyl (C=O) groups excluding carboxylic acids is 6. The third kappa shape index (κ3) is 17.2. The van der Waals surface area contributed by atoms with Crippen molar-refractivity contribution in [3.63, 3.8) is 0 Å². The highest BCUT2D eigenvalue weighted by atomic mass is 127. The molecule has 21 heteroatoms. The Kier molecular flexibility index (Phi) is 20.0. The summed E-state index contributed by atoms with van der Waals surface area (Å²) in [7, 11) is -4.45. The summed E-state index contributed by atoms with van der Waals surface area (Å²) in [5, 5.41) is 33.9. The Morgan fingerprint density at radius 1 is 0.701 bits per heavy atom. The molecule has 1 aromatic heterocycles. The Labute approximate surface area is 398 Å². The number of aliphatic carboxylic acids is 3. The van der Waals surface area contributed by atoms with E-state index in [1.54, 1.807) is 30.5 Å². The molecule has 0 aliphatic rings. The summed E-state index contributed by atoms with van der Waals surface area (Å²) >= 11 is 1.94. The number of carbonyl (C=O) groups is 9. The summed E-state index contributed by atoms with van der Waals surface area (Å²) in [5.41, 5.74) is 1.64. The molecule has 0 fully saturated rings. The van der Waals surface area contributed by atoms with E-state index in [9.17, 15) is 71.3 Å². The minimum atomic E-state index is -4.45. The number of carboxylic acid groups (broad SMARTS) is 3. The van der Waals surface area contributed by atoms with Crippen molar-refractivity contribution in [2.24, 2.45) is 17.8 Å². The van der Waals surface area contributed by atoms with Crippen LogP contribution < -0.4 is 15.4 Å². The van der Waals surface area contributed by atoms with Crippen LogP contribution in [0.3, 0.4) is 0 Å². The molecule has 4 aromatic rings. The van der Waals surface area contributed by atoms with Crippen molar-refractivity contribution in [3.8, 4) is 0 Å². The molecule has 5 atom stereocenters. The number of Topliss-reactive ketones (excluding diaryl/α,β-unsaturated/α-hetero) is 4. The normalized spacial score (nSPS) is 13.7. The molecule has 1 heterocycles. The van der Waals surface area contributed by atoms with Crippen LogP contribution >= 0.6 is 22.6 Å². The lowest BCUT2D eigenvalue weighted by molar-refractivity contribution is -0.140. The predicted octanol–water partition coefficient (Wildman–Crippen LogP) is 4.16. The van der Waals surface area contributed by atoms with Gasteiger partial charge >= 0.3 is 17.9 Å². The van der Waals surface area contributed by atoms with Gasteiger partial charge in [-0.15, -0.1) is 0 Å². The van der Waals surface area contributed by atoms with Crippen LogP contribution in [0.15, 0.2) is 83.9 Å². The van der Waals surface area contributed by atoms with Crippen molar-refractivity contribution in [3.05, 3.63) is 99.5 Å². The average molecular weight is 1060 g/mol. The maximum absolute atomic E-state index is 14.4. The van der Waals surface area contributed by atoms with Gasteiger partial charge in [0, 0.05) is 76.9 Å². The highest BCUT2D eigenvalue weighted by Crippen LogP contribution is 2.24. The quantitative estimate of drug-likeness (QED) is 0.0376. The Hall–Kier alpha value is -6.20. The van der Waals surface area contributed by atoms with E-state index in [-0.39, 0.29) is 30.6 Å². The van der Waals surface area contributed by atoms with E-state index in [0.29, 0.717) is 14.7 Å². The summed E-state index contributed by atoms with van der Waals surface area (Å²) in [4.78, 5) is 119. The van der Waals surface area contributed by atoms with Gasteiger partial charge in [0.15, 0.2) is 17.3 Å². The van der Waals surface area contributed by atoms with Gasteiger partial charge in [-0.1, -0.05) is 30.3 Å². The van der Waals surface area contributed by atoms with Gasteiger partial charge in [0.05, 0.1) is 29.9 Å². The lowest BCUT2D eigenvalue weighted by Gasteiger charge is -2.24. The van der Waals surface area contributed by atoms with Crippen LogP contribution in [0.1, 0.15) is 69.4 Å². The molecular weight excluding hydrogens is 1010 g/mol. The van der Waals surface area contributed by atoms with Crippen LogP contribution in [0, 0.1) is 27.1 Å². The summed E-state index contributed by atoms with van der Waals surface area (Å²) in [6.07, 6.45) is -3.13. The molecule has 18 nitrogen and oxygen atoms in total. The van der Waals surface area contributed by atoms with Crippen LogP contribution in [-0.2, 0) is 66.0 Å². The molecule has 4 rings (SSSR count). The highest BCUT2D eigenvalue weighted by Gasteiger charge is 2.34. The molecule has 2 amide bonds. The highest BCUT2D eigenvalue weighted by molar-refractivity contribution is 14.1. The Morgan fingerprint density at radius 3 is 1.96 bits per heavy atom. The Morgan fingerprint density at radius 2 is 1.33 bits per heavy atom. The summed E-state index contributed by atoms with van der Waals surface area (Å²) in [6.45, 7) is 0.468. The molecule has 0 saturated heterocycles. The van der Waals surface area contributed by atoms with Gasteiger partial charge in [-0.3, -0.25) is 43.2 Å². The summed E-state index contributed by atoms with van der Waals surface area (Å²) in [6, 6.07) is 14.6. The number of hydrogen-bond donors (Lipinski definition) is 7. The SMILES string of the molecule is CC(=O)[C@H](CCC(=O)O)CC(=O)[C@H](Cc1c[nH]c2ccccc12)NC(=O)[C@@H](CC(=O)CNC(=O)[C@H](CCC(=O)O)CC(=O)[C@@H](CC(=O)O)NS(=O)(=O)c1ccc(I)cc1)Cc1cccc(F)c1. The number of benzene rings is 3. The maximum atomic E-state index is 14.4. The molecule has 0 aliphatic carbocycles. The van der Waals surface area contributed by atoms with Gasteiger partial charge in [0.25, 0.3) is 0 Å². The maximum Gasteiger partial charge on any atom is 0.305 e. The number of aromatic amines is 1. The van der Waals surface area contributed by atoms with Crippen molar-refractivity contribution in [2.75, 3.05) is 6.54 Å². The van der Waals surface area contributed by atoms with E-state index in [2.05, 4.69) is 20.3 Å². The number of nitrogens with one attached hydrogen (secondary N) is 4. The van der Waals surface area contributed by atoms with Gasteiger partial charge in [0.2, 0.25) is 21.8 Å². The molecule has 67 heavy (non-hydrogen) atoms. The lowest BCUT2D eigenvalue weighted by Crippen LogP contribution is -2.47. The van der Waals surface area contributed by atoms with Crippen molar-refractivity contribution < 1.29 is 71.3 Å². The number of carboxylic acids is 3. The Balaban J connectivity index is 1.55. The van der Waals surface area contributed by atoms with E-state index in [1.807, 2.05) is 22.6 Å². The van der Waals surface area contributed by atoms with Crippen molar-refractivity contribution in [2.45, 2.75) is 88.1 Å². The fraction of sp³-hybridized carbons (Fsp3) is 0.370. The van der Waals surface area contributed by atoms with Gasteiger partial charge in [-0.2, -0.15) is 0 Å². The van der Waals surface area contributed by atoms with Gasteiger partial charge < -0.3 is 30.9 Å². The average Bonchev–Trinajstić information content (AvgIpc) is 3.66. The molecule has 7 N–H and O–H groups in total. The smallest absolute Gasteiger partial charge is 0.305 e. The van der Waals surface area contributed by atoms with Crippen LogP contribution in [-0.4, -0.2) is 100 Å². The number of hydrogen-bond acceptors (Lipinski definition) is 11. The molecule has 358 valence electrons. The second kappa shape index (κ2) is 25.1. The number of rotatable bonds is 29. The monoisotopic (exact) mass is 1060 g/mol. The van der Waals surface area contributed by atoms with Gasteiger partial charge in [-0.25, -0.2) is 17.5 Å². The lowest BCUT2D eigenvalue weighted by atomic mass is 9.88. The standard InChI is InChI=1S/C46H50FIN4O14S/c1-26(53)28(9-15-42(57)58)21-40(55)38(20-31-24-49-37-8-3-2-7-36(31)37)51-46(64)30(17-27-5-4-6-32(47)18-27)19-34(54)25-50-45(63)29(10-16-43(59)60)22-41(56)39(23-44(61)62)52-67(65,66)35-13-11-33(48)12-14-35/h2-8,11-14,18,24,28-30,38-39,49,52H,9-10,15-17,19-23,25H2,1H3,(H,50,63)(H,51,64)(H,57,58)(H,59,60)(H,61,62)/t28-,29-,30-,38+,39-/m1/s1. The second-order valence-electron chi connectivity index (χ2n) is 16.1. The number of amides is 2. The zero-order chi connectivity index (χ0) is 49.4. The number of ketones is 4. The zero-order valence-electron chi connectivity index (χ0n) is 36.2. The molecule has 0 aliphatic heterocycles. The number of H-pyrrole nitrogens is 1. The number of para-hydroxylation sites is 1. The first-order valence-corrected chi connectivity index (χ1v) is 23.6. The first-order chi connectivity index (χ1) is 31.6. The topological polar surface area (TPSA) is 300 Å². The Bertz CT molecular complexity index is 2600. The first kappa shape index (κ1) is 53.4. The number of sulfonamides is 1. The molecule has 0 bridgehead atoms. The van der Waals surface area contributed by atoms with Crippen LogP contribution in [0.4, 0.5) is 4.39 Å². The fourth-order valence-electron chi connectivity index (χ4n) is 7.34. The molecule has 0 unspecified atom stereocenters. The minimum Gasteiger partial charge on any atom is -0.481 e. The molecule has 0 radical (unpaired) electrons. The number of halogens is 2.